The standard InChI is InChI=1S/C13H10BrClO2/c14-11-3-1-2-4-12(11)17-13-7-10(15)6-5-9(13)8-16/h1-7,16H,8H2. The van der Waals surface area contributed by atoms with Crippen molar-refractivity contribution in [2.75, 3.05) is 0 Å². The maximum Gasteiger partial charge on any atom is 0.141 e. The SMILES string of the molecule is OCc1ccc(Cl)cc1Oc1ccccc1Br. The van der Waals surface area contributed by atoms with Crippen LogP contribution >= 0.6 is 27.5 Å². The molecule has 0 heterocycles. The van der Waals surface area contributed by atoms with Crippen LogP contribution < -0.4 is 4.74 Å². The Bertz CT molecular complexity index is 529. The highest BCUT2D eigenvalue weighted by Crippen LogP contribution is 2.32. The molecule has 2 rings (SSSR count). The summed E-state index contributed by atoms with van der Waals surface area (Å²) in [7, 11) is 0. The number of aliphatic hydroxyl groups is 1. The van der Waals surface area contributed by atoms with Gasteiger partial charge in [-0.05, 0) is 40.2 Å². The van der Waals surface area contributed by atoms with E-state index in [0.717, 1.165) is 4.47 Å². The van der Waals surface area contributed by atoms with Gasteiger partial charge in [0.1, 0.15) is 11.5 Å². The lowest BCUT2D eigenvalue weighted by atomic mass is 10.2. The Hall–Kier alpha value is -1.03. The molecule has 4 heteroatoms. The first-order valence-corrected chi connectivity index (χ1v) is 6.19. The number of hydrogen-bond donors (Lipinski definition) is 1. The van der Waals surface area contributed by atoms with E-state index < -0.39 is 0 Å². The molecule has 0 saturated carbocycles. The predicted molar refractivity (Wildman–Crippen MR) is 71.6 cm³/mol. The fourth-order valence-corrected chi connectivity index (χ4v) is 1.93. The Morgan fingerprint density at radius 2 is 1.88 bits per heavy atom. The summed E-state index contributed by atoms with van der Waals surface area (Å²) in [5.74, 6) is 1.25. The summed E-state index contributed by atoms with van der Waals surface area (Å²) in [6.45, 7) is -0.0864. The largest absolute Gasteiger partial charge is 0.456 e. The summed E-state index contributed by atoms with van der Waals surface area (Å²) in [4.78, 5) is 0. The van der Waals surface area contributed by atoms with E-state index in [9.17, 15) is 5.11 Å². The van der Waals surface area contributed by atoms with Gasteiger partial charge in [-0.3, -0.25) is 0 Å². The zero-order valence-electron chi connectivity index (χ0n) is 8.86. The van der Waals surface area contributed by atoms with Crippen molar-refractivity contribution < 1.29 is 9.84 Å². The summed E-state index contributed by atoms with van der Waals surface area (Å²) < 4.78 is 6.57. The third-order valence-corrected chi connectivity index (χ3v) is 3.15. The molecule has 0 aromatic heterocycles. The van der Waals surface area contributed by atoms with E-state index in [4.69, 9.17) is 16.3 Å². The summed E-state index contributed by atoms with van der Waals surface area (Å²) in [6, 6.07) is 12.7. The third-order valence-electron chi connectivity index (χ3n) is 2.26. The first-order valence-electron chi connectivity index (χ1n) is 5.02. The summed E-state index contributed by atoms with van der Waals surface area (Å²) in [6.07, 6.45) is 0. The Morgan fingerprint density at radius 1 is 1.12 bits per heavy atom. The fourth-order valence-electron chi connectivity index (χ4n) is 1.40. The van der Waals surface area contributed by atoms with Crippen molar-refractivity contribution in [2.45, 2.75) is 6.61 Å². The van der Waals surface area contributed by atoms with E-state index in [0.29, 0.717) is 22.1 Å². The number of hydrogen-bond acceptors (Lipinski definition) is 2. The zero-order valence-corrected chi connectivity index (χ0v) is 11.2. The van der Waals surface area contributed by atoms with Crippen LogP contribution in [0.2, 0.25) is 5.02 Å². The quantitative estimate of drug-likeness (QED) is 0.911. The van der Waals surface area contributed by atoms with Crippen molar-refractivity contribution in [1.82, 2.24) is 0 Å². The first-order chi connectivity index (χ1) is 8.20. The van der Waals surface area contributed by atoms with Crippen LogP contribution in [0.5, 0.6) is 11.5 Å². The lowest BCUT2D eigenvalue weighted by Crippen LogP contribution is -1.92. The van der Waals surface area contributed by atoms with Gasteiger partial charge >= 0.3 is 0 Å². The van der Waals surface area contributed by atoms with Gasteiger partial charge in [-0.2, -0.15) is 0 Å². The Labute approximate surface area is 113 Å². The van der Waals surface area contributed by atoms with Gasteiger partial charge in [0.2, 0.25) is 0 Å². The first kappa shape index (κ1) is 12.4. The molecule has 0 amide bonds. The van der Waals surface area contributed by atoms with Gasteiger partial charge in [0.15, 0.2) is 0 Å². The van der Waals surface area contributed by atoms with Crippen LogP contribution in [-0.2, 0) is 6.61 Å². The number of halogens is 2. The van der Waals surface area contributed by atoms with Gasteiger partial charge in [0.05, 0.1) is 11.1 Å². The number of aliphatic hydroxyl groups excluding tert-OH is 1. The van der Waals surface area contributed by atoms with Gasteiger partial charge in [0, 0.05) is 10.6 Å². The van der Waals surface area contributed by atoms with Crippen LogP contribution in [0.4, 0.5) is 0 Å². The van der Waals surface area contributed by atoms with E-state index in [2.05, 4.69) is 15.9 Å². The van der Waals surface area contributed by atoms with Gasteiger partial charge in [0.25, 0.3) is 0 Å². The van der Waals surface area contributed by atoms with Gasteiger partial charge in [-0.15, -0.1) is 0 Å². The van der Waals surface area contributed by atoms with Crippen LogP contribution in [0, 0.1) is 0 Å². The molecule has 1 N–H and O–H groups in total. The van der Waals surface area contributed by atoms with Crippen LogP contribution in [0.15, 0.2) is 46.9 Å². The molecular formula is C13H10BrClO2. The molecule has 0 aliphatic rings. The van der Waals surface area contributed by atoms with E-state index in [1.54, 1.807) is 18.2 Å². The molecule has 2 aromatic rings. The fraction of sp³-hybridized carbons (Fsp3) is 0.0769. The van der Waals surface area contributed by atoms with E-state index in [1.807, 2.05) is 24.3 Å². The predicted octanol–water partition coefficient (Wildman–Crippen LogP) is 4.39. The maximum atomic E-state index is 9.22. The molecule has 0 aliphatic carbocycles. The highest BCUT2D eigenvalue weighted by atomic mass is 79.9. The zero-order chi connectivity index (χ0) is 12.3. The molecule has 0 atom stereocenters. The summed E-state index contributed by atoms with van der Waals surface area (Å²) in [5, 5.41) is 9.80. The molecule has 17 heavy (non-hydrogen) atoms. The second-order valence-electron chi connectivity index (χ2n) is 3.44. The molecule has 0 bridgehead atoms. The highest BCUT2D eigenvalue weighted by Gasteiger charge is 2.07. The average Bonchev–Trinajstić information content (AvgIpc) is 2.32. The molecule has 0 saturated heterocycles. The molecule has 0 aliphatic heterocycles. The lowest BCUT2D eigenvalue weighted by Gasteiger charge is -2.11. The maximum absolute atomic E-state index is 9.22. The number of benzene rings is 2. The Balaban J connectivity index is 2.35. The molecule has 0 spiro atoms. The molecule has 0 radical (unpaired) electrons. The number of ether oxygens (including phenoxy) is 1. The normalized spacial score (nSPS) is 10.3. The summed E-state index contributed by atoms with van der Waals surface area (Å²) >= 11 is 9.30. The van der Waals surface area contributed by atoms with Crippen molar-refractivity contribution in [1.29, 1.82) is 0 Å². The van der Waals surface area contributed by atoms with E-state index >= 15 is 0 Å². The van der Waals surface area contributed by atoms with Crippen LogP contribution in [0.25, 0.3) is 0 Å². The van der Waals surface area contributed by atoms with Gasteiger partial charge in [-0.25, -0.2) is 0 Å². The van der Waals surface area contributed by atoms with E-state index in [1.165, 1.54) is 0 Å². The average molecular weight is 314 g/mol. The number of rotatable bonds is 3. The monoisotopic (exact) mass is 312 g/mol. The minimum Gasteiger partial charge on any atom is -0.456 e. The molecule has 0 fully saturated rings. The van der Waals surface area contributed by atoms with Gasteiger partial charge < -0.3 is 9.84 Å². The van der Waals surface area contributed by atoms with Crippen molar-refractivity contribution in [3.05, 3.63) is 57.5 Å². The molecule has 2 aromatic carbocycles. The highest BCUT2D eigenvalue weighted by molar-refractivity contribution is 9.10. The minimum atomic E-state index is -0.0864. The number of para-hydroxylation sites is 1. The topological polar surface area (TPSA) is 29.5 Å². The van der Waals surface area contributed by atoms with Gasteiger partial charge in [-0.1, -0.05) is 29.8 Å². The molecule has 2 nitrogen and oxygen atoms in total. The molecule has 0 unspecified atom stereocenters. The lowest BCUT2D eigenvalue weighted by molar-refractivity contribution is 0.276. The van der Waals surface area contributed by atoms with Crippen molar-refractivity contribution in [3.63, 3.8) is 0 Å². The molecular weight excluding hydrogens is 303 g/mol. The smallest absolute Gasteiger partial charge is 0.141 e. The Morgan fingerprint density at radius 3 is 2.59 bits per heavy atom. The third kappa shape index (κ3) is 3.00. The van der Waals surface area contributed by atoms with Crippen molar-refractivity contribution >= 4 is 27.5 Å². The van der Waals surface area contributed by atoms with E-state index in [-0.39, 0.29) is 6.61 Å². The van der Waals surface area contributed by atoms with Crippen molar-refractivity contribution in [2.24, 2.45) is 0 Å². The second kappa shape index (κ2) is 5.54. The molecule has 88 valence electrons. The summed E-state index contributed by atoms with van der Waals surface area (Å²) in [5.41, 5.74) is 0.699. The van der Waals surface area contributed by atoms with Crippen molar-refractivity contribution in [3.8, 4) is 11.5 Å². The van der Waals surface area contributed by atoms with Crippen LogP contribution in [0.1, 0.15) is 5.56 Å². The Kier molecular flexibility index (Phi) is 4.05. The minimum absolute atomic E-state index is 0.0864. The van der Waals surface area contributed by atoms with Crippen LogP contribution in [-0.4, -0.2) is 5.11 Å². The van der Waals surface area contributed by atoms with Crippen LogP contribution in [0.3, 0.4) is 0 Å². The second-order valence-corrected chi connectivity index (χ2v) is 4.73.